The zero-order valence-corrected chi connectivity index (χ0v) is 12.3. The molecule has 1 aliphatic carbocycles. The summed E-state index contributed by atoms with van der Waals surface area (Å²) < 4.78 is 5.01. The molecule has 0 fully saturated rings. The zero-order chi connectivity index (χ0) is 15.4. The number of carbonyl (C=O) groups is 1. The summed E-state index contributed by atoms with van der Waals surface area (Å²) in [6.45, 7) is 0.380. The molecule has 3 rings (SSSR count). The number of anilines is 1. The van der Waals surface area contributed by atoms with Crippen LogP contribution in [-0.4, -0.2) is 39.3 Å². The van der Waals surface area contributed by atoms with E-state index in [-0.39, 0.29) is 12.1 Å². The molecule has 3 N–H and O–H groups in total. The first kappa shape index (κ1) is 14.5. The van der Waals surface area contributed by atoms with Crippen LogP contribution in [0.1, 0.15) is 23.4 Å². The Kier molecular flexibility index (Phi) is 4.29. The van der Waals surface area contributed by atoms with Crippen molar-refractivity contribution < 1.29 is 9.53 Å². The quantitative estimate of drug-likeness (QED) is 0.782. The van der Waals surface area contributed by atoms with E-state index in [2.05, 4.69) is 30.8 Å². The predicted molar refractivity (Wildman–Crippen MR) is 79.3 cm³/mol. The smallest absolute Gasteiger partial charge is 0.320 e. The van der Waals surface area contributed by atoms with Crippen LogP contribution in [0.3, 0.4) is 0 Å². The number of methoxy groups -OCH3 is 1. The second-order valence-corrected chi connectivity index (χ2v) is 5.24. The highest BCUT2D eigenvalue weighted by Crippen LogP contribution is 2.18. The number of ether oxygens (including phenoxy) is 1. The van der Waals surface area contributed by atoms with Gasteiger partial charge in [-0.05, 0) is 24.8 Å². The van der Waals surface area contributed by atoms with Crippen molar-refractivity contribution in [3.8, 4) is 0 Å². The number of nitrogens with zero attached hydrogens (tertiary/aromatic N) is 3. The van der Waals surface area contributed by atoms with E-state index < -0.39 is 0 Å². The van der Waals surface area contributed by atoms with Gasteiger partial charge in [0.2, 0.25) is 0 Å². The van der Waals surface area contributed by atoms with Crippen molar-refractivity contribution >= 4 is 11.8 Å². The lowest BCUT2D eigenvalue weighted by molar-refractivity contribution is 0.181. The Morgan fingerprint density at radius 2 is 2.41 bits per heavy atom. The molecular formula is C14H18N6O2. The molecule has 1 atom stereocenters. The molecule has 2 heterocycles. The molecule has 0 bridgehead atoms. The van der Waals surface area contributed by atoms with E-state index >= 15 is 0 Å². The number of H-pyrrole nitrogens is 1. The number of fused-ring (bicyclic) bond motifs is 1. The molecule has 1 aliphatic rings. The highest BCUT2D eigenvalue weighted by Gasteiger charge is 2.21. The van der Waals surface area contributed by atoms with Gasteiger partial charge in [-0.15, -0.1) is 0 Å². The van der Waals surface area contributed by atoms with Crippen molar-refractivity contribution in [2.75, 3.05) is 12.4 Å². The van der Waals surface area contributed by atoms with Crippen LogP contribution < -0.4 is 10.6 Å². The minimum Gasteiger partial charge on any atom is -0.378 e. The molecule has 116 valence electrons. The van der Waals surface area contributed by atoms with Gasteiger partial charge in [-0.2, -0.15) is 5.10 Å². The maximum Gasteiger partial charge on any atom is 0.320 e. The van der Waals surface area contributed by atoms with Gasteiger partial charge in [0.1, 0.15) is 12.1 Å². The van der Waals surface area contributed by atoms with Crippen LogP contribution >= 0.6 is 0 Å². The number of aryl methyl sites for hydroxylation is 1. The SMILES string of the molecule is COCc1cc(NC(=O)N[C@H]2CCc3[nH]ncc3C2)ncn1. The molecule has 0 saturated carbocycles. The van der Waals surface area contributed by atoms with Gasteiger partial charge < -0.3 is 10.1 Å². The number of aromatic amines is 1. The molecule has 2 amide bonds. The van der Waals surface area contributed by atoms with Crippen molar-refractivity contribution in [1.29, 1.82) is 0 Å². The van der Waals surface area contributed by atoms with E-state index in [1.807, 2.05) is 6.20 Å². The molecule has 0 saturated heterocycles. The predicted octanol–water partition coefficient (Wildman–Crippen LogP) is 1.03. The minimum atomic E-state index is -0.265. The molecule has 22 heavy (non-hydrogen) atoms. The summed E-state index contributed by atoms with van der Waals surface area (Å²) in [7, 11) is 1.59. The molecule has 2 aromatic heterocycles. The monoisotopic (exact) mass is 302 g/mol. The third kappa shape index (κ3) is 3.40. The van der Waals surface area contributed by atoms with Crippen molar-refractivity contribution in [2.45, 2.75) is 31.9 Å². The molecule has 0 unspecified atom stereocenters. The second-order valence-electron chi connectivity index (χ2n) is 5.24. The van der Waals surface area contributed by atoms with E-state index in [9.17, 15) is 4.79 Å². The summed E-state index contributed by atoms with van der Waals surface area (Å²) in [5.74, 6) is 0.458. The van der Waals surface area contributed by atoms with E-state index in [1.54, 1.807) is 13.2 Å². The number of aromatic nitrogens is 4. The molecular weight excluding hydrogens is 284 g/mol. The first-order valence-electron chi connectivity index (χ1n) is 7.13. The Morgan fingerprint density at radius 3 is 3.27 bits per heavy atom. The molecule has 0 aromatic carbocycles. The number of amides is 2. The van der Waals surface area contributed by atoms with Gasteiger partial charge in [0.25, 0.3) is 0 Å². The van der Waals surface area contributed by atoms with Gasteiger partial charge in [-0.3, -0.25) is 10.4 Å². The van der Waals surface area contributed by atoms with Gasteiger partial charge in [0.15, 0.2) is 0 Å². The minimum absolute atomic E-state index is 0.102. The highest BCUT2D eigenvalue weighted by atomic mass is 16.5. The van der Waals surface area contributed by atoms with Crippen LogP contribution in [-0.2, 0) is 24.2 Å². The average Bonchev–Trinajstić information content (AvgIpc) is 2.95. The van der Waals surface area contributed by atoms with Crippen LogP contribution in [0.15, 0.2) is 18.6 Å². The highest BCUT2D eigenvalue weighted by molar-refractivity contribution is 5.88. The van der Waals surface area contributed by atoms with E-state index in [4.69, 9.17) is 4.74 Å². The van der Waals surface area contributed by atoms with Crippen molar-refractivity contribution in [1.82, 2.24) is 25.5 Å². The van der Waals surface area contributed by atoms with E-state index in [0.717, 1.165) is 19.3 Å². The third-order valence-electron chi connectivity index (χ3n) is 3.61. The molecule has 8 heteroatoms. The van der Waals surface area contributed by atoms with Crippen molar-refractivity contribution in [3.05, 3.63) is 35.5 Å². The summed E-state index contributed by atoms with van der Waals surface area (Å²) >= 11 is 0. The number of hydrogen-bond acceptors (Lipinski definition) is 5. The molecule has 8 nitrogen and oxygen atoms in total. The van der Waals surface area contributed by atoms with Gasteiger partial charge in [0, 0.05) is 24.9 Å². The average molecular weight is 302 g/mol. The van der Waals surface area contributed by atoms with Crippen molar-refractivity contribution in [2.24, 2.45) is 0 Å². The summed E-state index contributed by atoms with van der Waals surface area (Å²) in [5.41, 5.74) is 3.05. The van der Waals surface area contributed by atoms with Crippen LogP contribution in [0, 0.1) is 0 Å². The van der Waals surface area contributed by atoms with Crippen LogP contribution in [0.5, 0.6) is 0 Å². The lowest BCUT2D eigenvalue weighted by Crippen LogP contribution is -2.41. The van der Waals surface area contributed by atoms with Gasteiger partial charge in [-0.1, -0.05) is 0 Å². The van der Waals surface area contributed by atoms with Gasteiger partial charge in [0.05, 0.1) is 18.5 Å². The van der Waals surface area contributed by atoms with E-state index in [0.29, 0.717) is 18.1 Å². The summed E-state index contributed by atoms with van der Waals surface area (Å²) in [6.07, 6.45) is 5.80. The lowest BCUT2D eigenvalue weighted by Gasteiger charge is -2.22. The largest absolute Gasteiger partial charge is 0.378 e. The number of hydrogen-bond donors (Lipinski definition) is 3. The maximum atomic E-state index is 12.1. The topological polar surface area (TPSA) is 105 Å². The fourth-order valence-corrected chi connectivity index (χ4v) is 2.57. The summed E-state index contributed by atoms with van der Waals surface area (Å²) in [4.78, 5) is 20.1. The fourth-order valence-electron chi connectivity index (χ4n) is 2.57. The maximum absolute atomic E-state index is 12.1. The number of nitrogens with one attached hydrogen (secondary N) is 3. The standard InChI is InChI=1S/C14H18N6O2/c1-22-7-11-5-13(16-8-15-11)19-14(21)18-10-2-3-12-9(4-10)6-17-20-12/h5-6,8,10H,2-4,7H2,1H3,(H,17,20)(H2,15,16,18,19,21)/t10-/m0/s1. The molecule has 0 aliphatic heterocycles. The lowest BCUT2D eigenvalue weighted by atomic mass is 9.94. The molecule has 0 radical (unpaired) electrons. The summed E-state index contributed by atoms with van der Waals surface area (Å²) in [5, 5.41) is 12.7. The Hall–Kier alpha value is -2.48. The van der Waals surface area contributed by atoms with Crippen molar-refractivity contribution in [3.63, 3.8) is 0 Å². The normalized spacial score (nSPS) is 16.9. The molecule has 0 spiro atoms. The Balaban J connectivity index is 1.56. The van der Waals surface area contributed by atoms with E-state index in [1.165, 1.54) is 17.6 Å². The summed E-state index contributed by atoms with van der Waals surface area (Å²) in [6, 6.07) is 1.53. The van der Waals surface area contributed by atoms with Gasteiger partial charge >= 0.3 is 6.03 Å². The van der Waals surface area contributed by atoms with Gasteiger partial charge in [-0.25, -0.2) is 14.8 Å². The zero-order valence-electron chi connectivity index (χ0n) is 12.3. The van der Waals surface area contributed by atoms with Crippen LogP contribution in [0.25, 0.3) is 0 Å². The first-order valence-corrected chi connectivity index (χ1v) is 7.13. The number of urea groups is 1. The number of rotatable bonds is 4. The second kappa shape index (κ2) is 6.52. The Labute approximate surface area is 127 Å². The molecule has 2 aromatic rings. The van der Waals surface area contributed by atoms with Crippen LogP contribution in [0.2, 0.25) is 0 Å². The Morgan fingerprint density at radius 1 is 1.50 bits per heavy atom. The first-order chi connectivity index (χ1) is 10.7. The van der Waals surface area contributed by atoms with Crippen LogP contribution in [0.4, 0.5) is 10.6 Å². The Bertz CT molecular complexity index is 656. The fraction of sp³-hybridized carbons (Fsp3) is 0.429. The third-order valence-corrected chi connectivity index (χ3v) is 3.61. The number of carbonyl (C=O) groups excluding carboxylic acids is 1.